The van der Waals surface area contributed by atoms with Crippen LogP contribution in [0.1, 0.15) is 35.6 Å². The number of hydrogen-bond donors (Lipinski definition) is 3. The minimum absolute atomic E-state index is 0.0782. The van der Waals surface area contributed by atoms with E-state index in [1.165, 1.54) is 12.1 Å². The van der Waals surface area contributed by atoms with Crippen molar-refractivity contribution >= 4 is 22.9 Å². The van der Waals surface area contributed by atoms with E-state index < -0.39 is 11.7 Å². The molecule has 0 fully saturated rings. The minimum atomic E-state index is -4.46. The van der Waals surface area contributed by atoms with E-state index in [4.69, 9.17) is 5.73 Å². The molecule has 0 aliphatic carbocycles. The van der Waals surface area contributed by atoms with Crippen LogP contribution in [-0.4, -0.2) is 12.4 Å². The molecule has 0 spiro atoms. The van der Waals surface area contributed by atoms with Crippen LogP contribution in [0.5, 0.6) is 0 Å². The molecule has 0 heterocycles. The largest absolute Gasteiger partial charge is 0.416 e. The van der Waals surface area contributed by atoms with Gasteiger partial charge in [-0.15, -0.1) is 0 Å². The molecule has 0 amide bonds. The van der Waals surface area contributed by atoms with Crippen molar-refractivity contribution in [2.75, 3.05) is 17.6 Å². The molecule has 0 radical (unpaired) electrons. The molecule has 0 aromatic heterocycles. The molecule has 0 saturated carbocycles. The first-order chi connectivity index (χ1) is 15.8. The number of halogens is 3. The second-order valence-corrected chi connectivity index (χ2v) is 7.48. The van der Waals surface area contributed by atoms with Gasteiger partial charge in [-0.3, -0.25) is 4.99 Å². The van der Waals surface area contributed by atoms with Gasteiger partial charge in [0, 0.05) is 34.7 Å². The maximum absolute atomic E-state index is 13.4. The molecule has 3 aromatic carbocycles. The molecule has 0 unspecified atom stereocenters. The van der Waals surface area contributed by atoms with Crippen molar-refractivity contribution in [2.45, 2.75) is 26.1 Å². The highest BCUT2D eigenvalue weighted by Crippen LogP contribution is 2.32. The number of para-hydroxylation sites is 2. The Morgan fingerprint density at radius 3 is 2.27 bits per heavy atom. The van der Waals surface area contributed by atoms with Crippen molar-refractivity contribution in [2.24, 2.45) is 4.99 Å². The Bertz CT molecular complexity index is 1140. The molecule has 4 nitrogen and oxygen atoms in total. The lowest BCUT2D eigenvalue weighted by Crippen LogP contribution is -2.24. The first-order valence-corrected chi connectivity index (χ1v) is 10.6. The van der Waals surface area contributed by atoms with Crippen LogP contribution in [0.4, 0.5) is 24.5 Å². The Kier molecular flexibility index (Phi) is 7.77. The van der Waals surface area contributed by atoms with E-state index in [2.05, 4.69) is 29.1 Å². The number of alkyl halides is 3. The first kappa shape index (κ1) is 23.9. The van der Waals surface area contributed by atoms with Crippen molar-refractivity contribution in [3.05, 3.63) is 102 Å². The van der Waals surface area contributed by atoms with Gasteiger partial charge in [0.1, 0.15) is 5.84 Å². The number of anilines is 2. The molecule has 172 valence electrons. The van der Waals surface area contributed by atoms with Gasteiger partial charge >= 0.3 is 6.18 Å². The third kappa shape index (κ3) is 6.16. The second kappa shape index (κ2) is 10.7. The summed E-state index contributed by atoms with van der Waals surface area (Å²) in [6.45, 7) is 6.85. The molecule has 3 aromatic rings. The molecular weight excluding hydrogens is 425 g/mol. The summed E-state index contributed by atoms with van der Waals surface area (Å²) in [5.41, 5.74) is 8.87. The van der Waals surface area contributed by atoms with Crippen LogP contribution in [0.15, 0.2) is 84.4 Å². The van der Waals surface area contributed by atoms with Gasteiger partial charge in [-0.2, -0.15) is 13.2 Å². The molecule has 0 bridgehead atoms. The Balaban J connectivity index is 1.96. The third-order valence-electron chi connectivity index (χ3n) is 5.03. The smallest absolute Gasteiger partial charge is 0.398 e. The van der Waals surface area contributed by atoms with Gasteiger partial charge in [0.25, 0.3) is 0 Å². The predicted octanol–water partition coefficient (Wildman–Crippen LogP) is 6.32. The van der Waals surface area contributed by atoms with Crippen LogP contribution >= 0.6 is 0 Å². The SMILES string of the molecule is C=C(NC(=NCc1ccccc1C(F)(F)F)c1ccccc1N)c1ccccc1NCCC. The third-order valence-corrected chi connectivity index (χ3v) is 5.03. The maximum Gasteiger partial charge on any atom is 0.416 e. The number of nitrogens with one attached hydrogen (secondary N) is 2. The number of hydrogen-bond acceptors (Lipinski definition) is 3. The molecule has 33 heavy (non-hydrogen) atoms. The van der Waals surface area contributed by atoms with Crippen molar-refractivity contribution in [3.63, 3.8) is 0 Å². The Morgan fingerprint density at radius 2 is 1.58 bits per heavy atom. The first-order valence-electron chi connectivity index (χ1n) is 10.6. The van der Waals surface area contributed by atoms with Gasteiger partial charge in [-0.1, -0.05) is 62.0 Å². The lowest BCUT2D eigenvalue weighted by molar-refractivity contribution is -0.138. The molecule has 4 N–H and O–H groups in total. The topological polar surface area (TPSA) is 62.4 Å². The van der Waals surface area contributed by atoms with Crippen LogP contribution in [0.2, 0.25) is 0 Å². The van der Waals surface area contributed by atoms with Crippen LogP contribution in [0, 0.1) is 0 Å². The lowest BCUT2D eigenvalue weighted by Gasteiger charge is -2.18. The number of nitrogens with zero attached hydrogens (tertiary/aromatic N) is 1. The summed E-state index contributed by atoms with van der Waals surface area (Å²) in [4.78, 5) is 4.50. The van der Waals surface area contributed by atoms with Gasteiger partial charge in [-0.25, -0.2) is 0 Å². The fourth-order valence-corrected chi connectivity index (χ4v) is 3.37. The normalized spacial score (nSPS) is 11.8. The average molecular weight is 453 g/mol. The zero-order valence-corrected chi connectivity index (χ0v) is 18.4. The Hall–Kier alpha value is -3.74. The fourth-order valence-electron chi connectivity index (χ4n) is 3.37. The molecule has 0 aliphatic rings. The summed E-state index contributed by atoms with van der Waals surface area (Å²) >= 11 is 0. The van der Waals surface area contributed by atoms with Gasteiger partial charge in [0.15, 0.2) is 0 Å². The summed E-state index contributed by atoms with van der Waals surface area (Å²) in [5, 5.41) is 6.55. The fraction of sp³-hybridized carbons (Fsp3) is 0.192. The Labute approximate surface area is 192 Å². The van der Waals surface area contributed by atoms with E-state index >= 15 is 0 Å². The summed E-state index contributed by atoms with van der Waals surface area (Å²) in [5.74, 6) is 0.348. The minimum Gasteiger partial charge on any atom is -0.398 e. The molecule has 0 aliphatic heterocycles. The number of rotatable bonds is 8. The highest BCUT2D eigenvalue weighted by molar-refractivity contribution is 6.07. The van der Waals surface area contributed by atoms with Crippen molar-refractivity contribution in [1.29, 1.82) is 0 Å². The van der Waals surface area contributed by atoms with Crippen LogP contribution < -0.4 is 16.4 Å². The predicted molar refractivity (Wildman–Crippen MR) is 130 cm³/mol. The highest BCUT2D eigenvalue weighted by Gasteiger charge is 2.32. The van der Waals surface area contributed by atoms with Gasteiger partial charge < -0.3 is 16.4 Å². The summed E-state index contributed by atoms with van der Waals surface area (Å²) in [7, 11) is 0. The molecule has 0 atom stereocenters. The number of nitrogen functional groups attached to an aromatic ring is 1. The standard InChI is InChI=1S/C26H27F3N4/c1-3-16-31-24-15-9-6-11-20(24)18(2)33-25(21-12-5-8-14-23(21)30)32-17-19-10-4-7-13-22(19)26(27,28)29/h4-15,31H,2-3,16-17,30H2,1H3,(H,32,33). The maximum atomic E-state index is 13.4. The zero-order chi connectivity index (χ0) is 23.8. The number of benzene rings is 3. The Morgan fingerprint density at radius 1 is 0.939 bits per heavy atom. The van der Waals surface area contributed by atoms with Gasteiger partial charge in [-0.05, 0) is 36.2 Å². The van der Waals surface area contributed by atoms with E-state index in [9.17, 15) is 13.2 Å². The van der Waals surface area contributed by atoms with E-state index in [-0.39, 0.29) is 12.1 Å². The van der Waals surface area contributed by atoms with Crippen LogP contribution in [-0.2, 0) is 12.7 Å². The molecule has 0 saturated heterocycles. The number of nitrogens with two attached hydrogens (primary N) is 1. The molecular formula is C26H27F3N4. The lowest BCUT2D eigenvalue weighted by atomic mass is 10.1. The van der Waals surface area contributed by atoms with Crippen molar-refractivity contribution in [1.82, 2.24) is 5.32 Å². The van der Waals surface area contributed by atoms with E-state index in [1.807, 2.05) is 24.3 Å². The van der Waals surface area contributed by atoms with E-state index in [1.54, 1.807) is 30.3 Å². The molecule has 7 heteroatoms. The van der Waals surface area contributed by atoms with E-state index in [0.29, 0.717) is 22.8 Å². The second-order valence-electron chi connectivity index (χ2n) is 7.48. The number of aliphatic imine (C=N–C) groups is 1. The number of amidine groups is 1. The average Bonchev–Trinajstić information content (AvgIpc) is 2.80. The quantitative estimate of drug-likeness (QED) is 0.213. The van der Waals surface area contributed by atoms with Crippen molar-refractivity contribution in [3.8, 4) is 0 Å². The van der Waals surface area contributed by atoms with Crippen molar-refractivity contribution < 1.29 is 13.2 Å². The molecule has 3 rings (SSSR count). The summed E-state index contributed by atoms with van der Waals surface area (Å²) in [6.07, 6.45) is -3.50. The summed E-state index contributed by atoms with van der Waals surface area (Å²) < 4.78 is 40.3. The summed E-state index contributed by atoms with van der Waals surface area (Å²) in [6, 6.07) is 20.2. The van der Waals surface area contributed by atoms with Gasteiger partial charge in [0.05, 0.1) is 12.1 Å². The van der Waals surface area contributed by atoms with E-state index in [0.717, 1.165) is 30.3 Å². The van der Waals surface area contributed by atoms with Crippen LogP contribution in [0.3, 0.4) is 0 Å². The van der Waals surface area contributed by atoms with Gasteiger partial charge in [0.2, 0.25) is 0 Å². The highest BCUT2D eigenvalue weighted by atomic mass is 19.4. The zero-order valence-electron chi connectivity index (χ0n) is 18.4. The monoisotopic (exact) mass is 452 g/mol. The van der Waals surface area contributed by atoms with Crippen LogP contribution in [0.25, 0.3) is 5.70 Å².